The van der Waals surface area contributed by atoms with Crippen LogP contribution in [0.2, 0.25) is 0 Å². The topological polar surface area (TPSA) is 85.1 Å². The second kappa shape index (κ2) is 4.81. The van der Waals surface area contributed by atoms with Crippen molar-refractivity contribution in [2.45, 2.75) is 0 Å². The van der Waals surface area contributed by atoms with Gasteiger partial charge in [0, 0.05) is 30.1 Å². The Morgan fingerprint density at radius 1 is 1.33 bits per heavy atom. The van der Waals surface area contributed by atoms with Crippen LogP contribution in [-0.2, 0) is 9.84 Å². The van der Waals surface area contributed by atoms with E-state index in [4.69, 9.17) is 5.73 Å². The molecule has 0 saturated heterocycles. The summed E-state index contributed by atoms with van der Waals surface area (Å²) in [5.74, 6) is 0.0964. The molecule has 0 bridgehead atoms. The van der Waals surface area contributed by atoms with Crippen LogP contribution in [-0.4, -0.2) is 32.0 Å². The van der Waals surface area contributed by atoms with Crippen LogP contribution in [0, 0.1) is 0 Å². The minimum absolute atomic E-state index is 0.0964. The zero-order valence-corrected chi connectivity index (χ0v) is 10.9. The Bertz CT molecular complexity index is 668. The number of nitrogens with one attached hydrogen (secondary N) is 1. The van der Waals surface area contributed by atoms with E-state index in [1.54, 1.807) is 12.3 Å². The average Bonchev–Trinajstić information content (AvgIpc) is 2.31. The lowest BCUT2D eigenvalue weighted by molar-refractivity contribution is 0.602. The van der Waals surface area contributed by atoms with Crippen LogP contribution in [0.5, 0.6) is 0 Å². The van der Waals surface area contributed by atoms with Gasteiger partial charge in [-0.25, -0.2) is 8.42 Å². The maximum Gasteiger partial charge on any atom is 0.149 e. The third-order valence-corrected chi connectivity index (χ3v) is 3.53. The van der Waals surface area contributed by atoms with E-state index in [9.17, 15) is 8.42 Å². The molecular weight excluding hydrogens is 250 g/mol. The highest BCUT2D eigenvalue weighted by molar-refractivity contribution is 7.90. The van der Waals surface area contributed by atoms with Gasteiger partial charge in [-0.15, -0.1) is 0 Å². The minimum atomic E-state index is -2.96. The van der Waals surface area contributed by atoms with Crippen LogP contribution >= 0.6 is 0 Å². The number of benzene rings is 1. The van der Waals surface area contributed by atoms with Crippen molar-refractivity contribution in [3.05, 3.63) is 30.5 Å². The monoisotopic (exact) mass is 265 g/mol. The molecule has 1 aromatic carbocycles. The van der Waals surface area contributed by atoms with Gasteiger partial charge in [0.2, 0.25) is 0 Å². The summed E-state index contributed by atoms with van der Waals surface area (Å²) in [7, 11) is -2.96. The fraction of sp³-hybridized carbons (Fsp3) is 0.250. The van der Waals surface area contributed by atoms with Gasteiger partial charge in [0.25, 0.3) is 0 Å². The molecule has 0 amide bonds. The summed E-state index contributed by atoms with van der Waals surface area (Å²) in [4.78, 5) is 4.21. The van der Waals surface area contributed by atoms with Crippen molar-refractivity contribution in [2.75, 3.05) is 29.6 Å². The van der Waals surface area contributed by atoms with Gasteiger partial charge in [-0.05, 0) is 24.3 Å². The summed E-state index contributed by atoms with van der Waals surface area (Å²) in [5.41, 5.74) is 8.01. The van der Waals surface area contributed by atoms with E-state index in [1.165, 1.54) is 6.26 Å². The first-order valence-electron chi connectivity index (χ1n) is 5.52. The molecule has 0 atom stereocenters. The quantitative estimate of drug-likeness (QED) is 0.813. The molecule has 0 unspecified atom stereocenters. The number of nitrogen functional groups attached to an aromatic ring is 1. The maximum atomic E-state index is 11.1. The van der Waals surface area contributed by atoms with Crippen LogP contribution in [0.4, 0.5) is 11.4 Å². The Morgan fingerprint density at radius 3 is 2.83 bits per heavy atom. The Kier molecular flexibility index (Phi) is 3.38. The Balaban J connectivity index is 2.26. The van der Waals surface area contributed by atoms with Crippen LogP contribution in [0.3, 0.4) is 0 Å². The number of fused-ring (bicyclic) bond motifs is 1. The van der Waals surface area contributed by atoms with E-state index >= 15 is 0 Å². The van der Waals surface area contributed by atoms with E-state index in [1.807, 2.05) is 18.2 Å². The lowest BCUT2D eigenvalue weighted by atomic mass is 10.1. The van der Waals surface area contributed by atoms with Crippen molar-refractivity contribution in [3.63, 3.8) is 0 Å². The average molecular weight is 265 g/mol. The summed E-state index contributed by atoms with van der Waals surface area (Å²) in [6, 6.07) is 7.32. The van der Waals surface area contributed by atoms with E-state index < -0.39 is 9.84 Å². The normalized spacial score (nSPS) is 11.6. The van der Waals surface area contributed by atoms with Crippen molar-refractivity contribution in [1.82, 2.24) is 4.98 Å². The number of anilines is 2. The van der Waals surface area contributed by atoms with Gasteiger partial charge in [-0.2, -0.15) is 0 Å². The SMILES string of the molecule is CS(=O)(=O)CCNc1ccc(N)c2ncccc12. The highest BCUT2D eigenvalue weighted by atomic mass is 32.2. The van der Waals surface area contributed by atoms with Crippen LogP contribution in [0.1, 0.15) is 0 Å². The highest BCUT2D eigenvalue weighted by Crippen LogP contribution is 2.26. The number of rotatable bonds is 4. The third kappa shape index (κ3) is 2.89. The van der Waals surface area contributed by atoms with Gasteiger partial charge in [-0.1, -0.05) is 0 Å². The van der Waals surface area contributed by atoms with E-state index in [0.29, 0.717) is 12.2 Å². The highest BCUT2D eigenvalue weighted by Gasteiger charge is 2.06. The summed E-state index contributed by atoms with van der Waals surface area (Å²) in [6.45, 7) is 0.368. The van der Waals surface area contributed by atoms with E-state index in [2.05, 4.69) is 10.3 Å². The van der Waals surface area contributed by atoms with E-state index in [-0.39, 0.29) is 5.75 Å². The van der Waals surface area contributed by atoms with Crippen LogP contribution < -0.4 is 11.1 Å². The van der Waals surface area contributed by atoms with Gasteiger partial charge in [0.05, 0.1) is 17.0 Å². The molecule has 2 aromatic rings. The van der Waals surface area contributed by atoms with E-state index in [0.717, 1.165) is 16.6 Å². The second-order valence-electron chi connectivity index (χ2n) is 4.16. The summed E-state index contributed by atoms with van der Waals surface area (Å²) >= 11 is 0. The molecule has 6 heteroatoms. The van der Waals surface area contributed by atoms with Crippen molar-refractivity contribution in [3.8, 4) is 0 Å². The molecule has 5 nitrogen and oxygen atoms in total. The van der Waals surface area contributed by atoms with Gasteiger partial charge in [0.1, 0.15) is 9.84 Å². The molecule has 1 aromatic heterocycles. The van der Waals surface area contributed by atoms with Crippen LogP contribution in [0.15, 0.2) is 30.5 Å². The zero-order valence-electron chi connectivity index (χ0n) is 10.1. The first kappa shape index (κ1) is 12.6. The van der Waals surface area contributed by atoms with Crippen molar-refractivity contribution >= 4 is 32.1 Å². The largest absolute Gasteiger partial charge is 0.397 e. The molecule has 0 aliphatic heterocycles. The lowest BCUT2D eigenvalue weighted by Crippen LogP contribution is -2.14. The molecule has 0 spiro atoms. The predicted octanol–water partition coefficient (Wildman–Crippen LogP) is 1.27. The number of pyridine rings is 1. The number of hydrogen-bond donors (Lipinski definition) is 2. The Labute approximate surface area is 106 Å². The third-order valence-electron chi connectivity index (χ3n) is 2.59. The molecule has 0 radical (unpaired) electrons. The number of nitrogens with two attached hydrogens (primary N) is 1. The number of hydrogen-bond acceptors (Lipinski definition) is 5. The zero-order chi connectivity index (χ0) is 13.2. The molecule has 18 heavy (non-hydrogen) atoms. The smallest absolute Gasteiger partial charge is 0.149 e. The standard InChI is InChI=1S/C12H15N3O2S/c1-18(16,17)8-7-14-11-5-4-10(13)12-9(11)3-2-6-15-12/h2-6,14H,7-8,13H2,1H3. The maximum absolute atomic E-state index is 11.1. The minimum Gasteiger partial charge on any atom is -0.397 e. The van der Waals surface area contributed by atoms with Gasteiger partial charge >= 0.3 is 0 Å². The Morgan fingerprint density at radius 2 is 2.11 bits per heavy atom. The van der Waals surface area contributed by atoms with Gasteiger partial charge in [-0.3, -0.25) is 4.98 Å². The molecule has 0 aliphatic rings. The molecule has 2 rings (SSSR count). The fourth-order valence-electron chi connectivity index (χ4n) is 1.72. The fourth-order valence-corrected chi connectivity index (χ4v) is 2.19. The Hall–Kier alpha value is -1.82. The lowest BCUT2D eigenvalue weighted by Gasteiger charge is -2.10. The first-order valence-corrected chi connectivity index (χ1v) is 7.58. The molecule has 96 valence electrons. The summed E-state index contributed by atoms with van der Waals surface area (Å²) < 4.78 is 22.1. The molecule has 1 heterocycles. The second-order valence-corrected chi connectivity index (χ2v) is 6.42. The molecule has 0 saturated carbocycles. The van der Waals surface area contributed by atoms with Gasteiger partial charge < -0.3 is 11.1 Å². The summed E-state index contributed by atoms with van der Waals surface area (Å²) in [5, 5.41) is 3.99. The number of sulfone groups is 1. The number of aromatic nitrogens is 1. The van der Waals surface area contributed by atoms with Crippen LogP contribution in [0.25, 0.3) is 10.9 Å². The molecule has 0 fully saturated rings. The van der Waals surface area contributed by atoms with Crippen molar-refractivity contribution < 1.29 is 8.42 Å². The van der Waals surface area contributed by atoms with Crippen molar-refractivity contribution in [1.29, 1.82) is 0 Å². The predicted molar refractivity (Wildman–Crippen MR) is 74.4 cm³/mol. The van der Waals surface area contributed by atoms with Gasteiger partial charge in [0.15, 0.2) is 0 Å². The molecular formula is C12H15N3O2S. The summed E-state index contributed by atoms with van der Waals surface area (Å²) in [6.07, 6.45) is 2.90. The first-order chi connectivity index (χ1) is 8.47. The molecule has 3 N–H and O–H groups in total. The molecule has 0 aliphatic carbocycles. The van der Waals surface area contributed by atoms with Crippen molar-refractivity contribution in [2.24, 2.45) is 0 Å². The number of nitrogens with zero attached hydrogens (tertiary/aromatic N) is 1.